The van der Waals surface area contributed by atoms with Crippen LogP contribution in [-0.2, 0) is 4.79 Å². The van der Waals surface area contributed by atoms with Gasteiger partial charge in [-0.2, -0.15) is 0 Å². The van der Waals surface area contributed by atoms with Crippen LogP contribution >= 0.6 is 12.4 Å². The molecule has 0 radical (unpaired) electrons. The van der Waals surface area contributed by atoms with Gasteiger partial charge in [0, 0.05) is 0 Å². The van der Waals surface area contributed by atoms with Crippen molar-refractivity contribution in [1.29, 1.82) is 0 Å². The van der Waals surface area contributed by atoms with Gasteiger partial charge in [0.15, 0.2) is 0 Å². The molecule has 1 N–H and O–H groups in total. The van der Waals surface area contributed by atoms with Crippen molar-refractivity contribution >= 4 is 37.7 Å². The molecule has 0 heterocycles. The van der Waals surface area contributed by atoms with Gasteiger partial charge < -0.3 is 5.11 Å². The summed E-state index contributed by atoms with van der Waals surface area (Å²) in [6.45, 7) is -0.250. The van der Waals surface area contributed by atoms with E-state index in [1.165, 1.54) is 0 Å². The van der Waals surface area contributed by atoms with Gasteiger partial charge >= 0.3 is 18.9 Å². The van der Waals surface area contributed by atoms with Gasteiger partial charge in [0.05, 0.1) is 0 Å². The molecule has 0 saturated carbocycles. The molecule has 0 amide bonds. The van der Waals surface area contributed by atoms with Crippen LogP contribution in [0.15, 0.2) is 0 Å². The minimum atomic E-state index is -0.250. The molecule has 0 saturated heterocycles. The molecule has 0 unspecified atom stereocenters. The fraction of sp³-hybridized carbons (Fsp3) is 0. The standard InChI is InChI=1S/CH2O2.ClH.Li.H/c2-1-3;;;/h1H,(H,2,3);1H;;. The van der Waals surface area contributed by atoms with Crippen molar-refractivity contribution in [2.75, 3.05) is 0 Å². The first-order valence-corrected chi connectivity index (χ1v) is 0.494. The van der Waals surface area contributed by atoms with Crippen LogP contribution < -0.4 is 0 Å². The summed E-state index contributed by atoms with van der Waals surface area (Å²) >= 11 is 0. The van der Waals surface area contributed by atoms with E-state index in [0.29, 0.717) is 0 Å². The van der Waals surface area contributed by atoms with Gasteiger partial charge in [-0.05, 0) is 0 Å². The molecule has 0 spiro atoms. The molecule has 0 bridgehead atoms. The number of halogens is 1. The Balaban J connectivity index is -0.0000000200. The van der Waals surface area contributed by atoms with Crippen molar-refractivity contribution in [3.8, 4) is 0 Å². The summed E-state index contributed by atoms with van der Waals surface area (Å²) < 4.78 is 0. The molecule has 0 fully saturated rings. The molecule has 0 aromatic heterocycles. The first-order chi connectivity index (χ1) is 1.41. The Labute approximate surface area is 48.1 Å². The number of hydrogen-bond acceptors (Lipinski definition) is 1. The average molecular weight is 90.4 g/mol. The van der Waals surface area contributed by atoms with E-state index in [4.69, 9.17) is 9.90 Å². The second kappa shape index (κ2) is 26.7. The van der Waals surface area contributed by atoms with Crippen LogP contribution in [-0.4, -0.2) is 30.4 Å². The zero-order chi connectivity index (χ0) is 2.71. The summed E-state index contributed by atoms with van der Waals surface area (Å²) in [6, 6.07) is 0. The first-order valence-electron chi connectivity index (χ1n) is 0.494. The van der Waals surface area contributed by atoms with Gasteiger partial charge in [0.2, 0.25) is 0 Å². The first kappa shape index (κ1) is 18.3. The van der Waals surface area contributed by atoms with E-state index in [1.807, 2.05) is 0 Å². The Bertz CT molecular complexity index is 17.1. The van der Waals surface area contributed by atoms with Gasteiger partial charge in [-0.3, -0.25) is 4.79 Å². The second-order valence-electron chi connectivity index (χ2n) is 0.105. The molecule has 5 heavy (non-hydrogen) atoms. The molecular weight excluding hydrogens is 86.4 g/mol. The number of carbonyl (C=O) groups is 1. The molecule has 2 nitrogen and oxygen atoms in total. The summed E-state index contributed by atoms with van der Waals surface area (Å²) in [4.78, 5) is 8.36. The van der Waals surface area contributed by atoms with E-state index in [2.05, 4.69) is 0 Å². The SMILES string of the molecule is Cl.O=CO.[LiH]. The maximum atomic E-state index is 8.36. The van der Waals surface area contributed by atoms with E-state index >= 15 is 0 Å². The van der Waals surface area contributed by atoms with Gasteiger partial charge in [0.1, 0.15) is 0 Å². The zero-order valence-electron chi connectivity index (χ0n) is 1.84. The van der Waals surface area contributed by atoms with Crippen LogP contribution in [0.1, 0.15) is 0 Å². The van der Waals surface area contributed by atoms with E-state index in [9.17, 15) is 0 Å². The zero-order valence-corrected chi connectivity index (χ0v) is 2.66. The number of rotatable bonds is 0. The van der Waals surface area contributed by atoms with E-state index in [-0.39, 0.29) is 37.7 Å². The molecule has 0 aliphatic carbocycles. The third kappa shape index (κ3) is 190. The van der Waals surface area contributed by atoms with Gasteiger partial charge in [-0.1, -0.05) is 0 Å². The molecule has 4 heteroatoms. The Kier molecular flexibility index (Phi) is 97.6. The number of carboxylic acid groups (broad SMARTS) is 1. The summed E-state index contributed by atoms with van der Waals surface area (Å²) in [5.74, 6) is 0. The van der Waals surface area contributed by atoms with E-state index in [1.54, 1.807) is 0 Å². The maximum absolute atomic E-state index is 8.36. The Morgan fingerprint density at radius 3 is 1.60 bits per heavy atom. The Hall–Kier alpha value is 0.357. The van der Waals surface area contributed by atoms with Crippen LogP contribution in [0.4, 0.5) is 0 Å². The topological polar surface area (TPSA) is 37.3 Å². The molecule has 0 aliphatic heterocycles. The molecule has 28 valence electrons. The van der Waals surface area contributed by atoms with Gasteiger partial charge in [0.25, 0.3) is 6.47 Å². The molecule has 0 atom stereocenters. The summed E-state index contributed by atoms with van der Waals surface area (Å²) in [6.07, 6.45) is 0. The van der Waals surface area contributed by atoms with E-state index in [0.717, 1.165) is 0 Å². The van der Waals surface area contributed by atoms with Crippen LogP contribution in [0.2, 0.25) is 0 Å². The molecule has 0 rings (SSSR count). The minimum absolute atomic E-state index is 0. The third-order valence-electron chi connectivity index (χ3n) is 0. The normalized spacial score (nSPS) is 2.40. The van der Waals surface area contributed by atoms with Crippen molar-refractivity contribution < 1.29 is 9.90 Å². The predicted octanol–water partition coefficient (Wildman–Crippen LogP) is -0.526. The Morgan fingerprint density at radius 1 is 1.60 bits per heavy atom. The quantitative estimate of drug-likeness (QED) is 0.321. The number of hydrogen-bond donors (Lipinski definition) is 1. The van der Waals surface area contributed by atoms with Crippen molar-refractivity contribution in [2.24, 2.45) is 0 Å². The van der Waals surface area contributed by atoms with Crippen LogP contribution in [0.5, 0.6) is 0 Å². The molecular formula is CH4ClLiO2. The fourth-order valence-electron chi connectivity index (χ4n) is 0. The van der Waals surface area contributed by atoms with Crippen molar-refractivity contribution in [3.05, 3.63) is 0 Å². The molecule has 0 aromatic carbocycles. The van der Waals surface area contributed by atoms with Crippen molar-refractivity contribution in [1.82, 2.24) is 0 Å². The monoisotopic (exact) mass is 90.0 g/mol. The van der Waals surface area contributed by atoms with Crippen molar-refractivity contribution in [2.45, 2.75) is 0 Å². The van der Waals surface area contributed by atoms with Crippen LogP contribution in [0.25, 0.3) is 0 Å². The molecule has 0 aliphatic rings. The predicted molar refractivity (Wildman–Crippen MR) is 23.1 cm³/mol. The van der Waals surface area contributed by atoms with Crippen LogP contribution in [0, 0.1) is 0 Å². The Morgan fingerprint density at radius 2 is 1.60 bits per heavy atom. The van der Waals surface area contributed by atoms with Gasteiger partial charge in [-0.15, -0.1) is 12.4 Å². The molecule has 0 aromatic rings. The third-order valence-corrected chi connectivity index (χ3v) is 0. The van der Waals surface area contributed by atoms with Gasteiger partial charge in [-0.25, -0.2) is 0 Å². The summed E-state index contributed by atoms with van der Waals surface area (Å²) in [5.41, 5.74) is 0. The van der Waals surface area contributed by atoms with E-state index < -0.39 is 0 Å². The average Bonchev–Trinajstić information content (AvgIpc) is 0.918. The fourth-order valence-corrected chi connectivity index (χ4v) is 0. The summed E-state index contributed by atoms with van der Waals surface area (Å²) in [7, 11) is 0. The van der Waals surface area contributed by atoms with Crippen molar-refractivity contribution in [3.63, 3.8) is 0 Å². The summed E-state index contributed by atoms with van der Waals surface area (Å²) in [5, 5.41) is 6.89. The second-order valence-corrected chi connectivity index (χ2v) is 0.105. The van der Waals surface area contributed by atoms with Crippen LogP contribution in [0.3, 0.4) is 0 Å².